The Balaban J connectivity index is 1.54. The summed E-state index contributed by atoms with van der Waals surface area (Å²) in [6, 6.07) is 11.2. The second-order valence-electron chi connectivity index (χ2n) is 20.2. The number of hydrogen-bond acceptors (Lipinski definition) is 9. The standard InChI is InChI=1S/C63H84O9/c1-7-13-19-25-31-67-49-37-43-46(40-52(49)70-34-28-22-16-10-4)61(64)58-55(43)59-57(44-38-50(68-32-26-20-14-8-2)53(41-47(44)62(59)65)71-35-29-23-17-11-5)60-56(58)45-39-51(69-33-27-21-15-9-3)54(42-48(45)63(60)66)72-36-30-24-18-12-6/h37-42H,7-36H2,1-6H3. The van der Waals surface area contributed by atoms with Gasteiger partial charge in [0, 0.05) is 48.5 Å². The molecule has 72 heavy (non-hydrogen) atoms. The molecule has 0 amide bonds. The van der Waals surface area contributed by atoms with Gasteiger partial charge in [0.15, 0.2) is 50.8 Å². The molecule has 7 aromatic rings. The van der Waals surface area contributed by atoms with Gasteiger partial charge in [0.05, 0.1) is 39.6 Å². The molecule has 0 fully saturated rings. The molecule has 390 valence electrons. The SMILES string of the molecule is CCCCCCOc1cc2c(=O)c3c(c2cc1OCCCCCC)c1c(=O)c2cc(OCCCCCC)c(OCCCCCC)cc2c1c1c(=O)c2cc(OCCCCCC)c(OCCCCCC)cc2c31. The zero-order valence-corrected chi connectivity index (χ0v) is 44.9. The predicted octanol–water partition coefficient (Wildman–Crippen LogP) is 16.8. The van der Waals surface area contributed by atoms with Crippen molar-refractivity contribution < 1.29 is 28.4 Å². The first-order valence-electron chi connectivity index (χ1n) is 28.5. The first-order valence-corrected chi connectivity index (χ1v) is 28.5. The van der Waals surface area contributed by atoms with Crippen LogP contribution in [0.4, 0.5) is 0 Å². The van der Waals surface area contributed by atoms with Crippen molar-refractivity contribution in [3.63, 3.8) is 0 Å². The Bertz CT molecular complexity index is 2630. The van der Waals surface area contributed by atoms with Crippen LogP contribution in [0.1, 0.15) is 196 Å². The lowest BCUT2D eigenvalue weighted by Gasteiger charge is -2.14. The fraction of sp³-hybridized carbons (Fsp3) is 0.571. The van der Waals surface area contributed by atoms with Crippen LogP contribution in [-0.2, 0) is 0 Å². The van der Waals surface area contributed by atoms with Crippen LogP contribution in [0.2, 0.25) is 0 Å². The number of rotatable bonds is 36. The Morgan fingerprint density at radius 2 is 0.417 bits per heavy atom. The quantitative estimate of drug-likeness (QED) is 0.0355. The van der Waals surface area contributed by atoms with Gasteiger partial charge in [-0.15, -0.1) is 0 Å². The van der Waals surface area contributed by atoms with Crippen LogP contribution in [-0.4, -0.2) is 39.6 Å². The van der Waals surface area contributed by atoms with E-state index in [1.165, 1.54) is 0 Å². The number of ether oxygens (including phenoxy) is 6. The van der Waals surface area contributed by atoms with Crippen molar-refractivity contribution in [3.05, 3.63) is 67.1 Å². The summed E-state index contributed by atoms with van der Waals surface area (Å²) in [5.41, 5.74) is -0.752. The molecule has 0 bridgehead atoms. The Labute approximate surface area is 428 Å². The smallest absolute Gasteiger partial charge is 0.195 e. The van der Waals surface area contributed by atoms with Crippen molar-refractivity contribution in [2.45, 2.75) is 196 Å². The lowest BCUT2D eigenvalue weighted by Crippen LogP contribution is -2.04. The molecule has 0 aliphatic carbocycles. The molecule has 0 aromatic heterocycles. The molecule has 7 rings (SSSR count). The monoisotopic (exact) mass is 985 g/mol. The van der Waals surface area contributed by atoms with E-state index in [1.807, 2.05) is 36.4 Å². The molecule has 9 heteroatoms. The average molecular weight is 985 g/mol. The average Bonchev–Trinajstić information content (AvgIpc) is 3.94. The van der Waals surface area contributed by atoms with E-state index in [-0.39, 0.29) is 16.3 Å². The Morgan fingerprint density at radius 1 is 0.236 bits per heavy atom. The van der Waals surface area contributed by atoms with Crippen molar-refractivity contribution in [1.82, 2.24) is 0 Å². The molecule has 0 saturated carbocycles. The van der Waals surface area contributed by atoms with Crippen molar-refractivity contribution in [1.29, 1.82) is 0 Å². The maximum absolute atomic E-state index is 15.5. The third kappa shape index (κ3) is 12.5. The van der Waals surface area contributed by atoms with E-state index in [4.69, 9.17) is 28.4 Å². The van der Waals surface area contributed by atoms with Gasteiger partial charge in [-0.3, -0.25) is 14.4 Å². The van der Waals surface area contributed by atoms with Gasteiger partial charge in [-0.05, 0) is 91.1 Å². The van der Waals surface area contributed by atoms with Gasteiger partial charge in [-0.1, -0.05) is 157 Å². The summed E-state index contributed by atoms with van der Waals surface area (Å²) in [7, 11) is 0. The number of fused-ring (bicyclic) bond motifs is 12. The summed E-state index contributed by atoms with van der Waals surface area (Å²) in [6.45, 7) is 16.1. The molecule has 7 aromatic carbocycles. The first-order chi connectivity index (χ1) is 35.3. The van der Waals surface area contributed by atoms with Crippen LogP contribution in [0.25, 0.3) is 64.6 Å². The molecule has 0 spiro atoms. The largest absolute Gasteiger partial charge is 0.490 e. The minimum absolute atomic E-state index is 0.251. The van der Waals surface area contributed by atoms with Gasteiger partial charge in [0.1, 0.15) is 0 Å². The third-order valence-corrected chi connectivity index (χ3v) is 14.5. The zero-order valence-electron chi connectivity index (χ0n) is 44.9. The molecule has 0 saturated heterocycles. The summed E-state index contributed by atoms with van der Waals surface area (Å²) in [5.74, 6) is 3.19. The van der Waals surface area contributed by atoms with E-state index in [2.05, 4.69) is 41.5 Å². The topological polar surface area (TPSA) is 107 Å². The normalized spacial score (nSPS) is 11.9. The van der Waals surface area contributed by atoms with Gasteiger partial charge in [0.25, 0.3) is 0 Å². The van der Waals surface area contributed by atoms with Crippen molar-refractivity contribution >= 4 is 64.6 Å². The highest BCUT2D eigenvalue weighted by molar-refractivity contribution is 6.43. The fourth-order valence-electron chi connectivity index (χ4n) is 10.4. The van der Waals surface area contributed by atoms with Crippen LogP contribution < -0.4 is 44.7 Å². The van der Waals surface area contributed by atoms with Gasteiger partial charge in [-0.25, -0.2) is 0 Å². The first kappa shape index (κ1) is 54.5. The van der Waals surface area contributed by atoms with Crippen LogP contribution in [0, 0.1) is 0 Å². The Morgan fingerprint density at radius 3 is 0.597 bits per heavy atom. The van der Waals surface area contributed by atoms with Crippen LogP contribution in [0.5, 0.6) is 34.5 Å². The van der Waals surface area contributed by atoms with E-state index in [0.717, 1.165) is 154 Å². The molecule has 0 unspecified atom stereocenters. The number of benzene rings is 4. The van der Waals surface area contributed by atoms with Crippen LogP contribution in [0.3, 0.4) is 0 Å². The van der Waals surface area contributed by atoms with Crippen LogP contribution in [0.15, 0.2) is 50.8 Å². The van der Waals surface area contributed by atoms with Gasteiger partial charge in [-0.2, -0.15) is 0 Å². The highest BCUT2D eigenvalue weighted by Crippen LogP contribution is 2.48. The molecule has 0 aliphatic rings. The van der Waals surface area contributed by atoms with Gasteiger partial charge >= 0.3 is 0 Å². The summed E-state index contributed by atoms with van der Waals surface area (Å²) in [5, 5.41) is 5.74. The summed E-state index contributed by atoms with van der Waals surface area (Å²) in [6.07, 6.45) is 24.9. The van der Waals surface area contributed by atoms with Gasteiger partial charge in [0.2, 0.25) is 0 Å². The summed E-state index contributed by atoms with van der Waals surface area (Å²) >= 11 is 0. The molecule has 9 nitrogen and oxygen atoms in total. The van der Waals surface area contributed by atoms with Crippen molar-refractivity contribution in [3.8, 4) is 34.5 Å². The van der Waals surface area contributed by atoms with Crippen LogP contribution >= 0.6 is 0 Å². The van der Waals surface area contributed by atoms with Gasteiger partial charge < -0.3 is 28.4 Å². The zero-order chi connectivity index (χ0) is 50.8. The predicted molar refractivity (Wildman–Crippen MR) is 302 cm³/mol. The van der Waals surface area contributed by atoms with E-state index >= 15 is 14.4 Å². The second kappa shape index (κ2) is 27.7. The second-order valence-corrected chi connectivity index (χ2v) is 20.2. The maximum Gasteiger partial charge on any atom is 0.195 e. The van der Waals surface area contributed by atoms with E-state index in [0.29, 0.717) is 139 Å². The summed E-state index contributed by atoms with van der Waals surface area (Å²) in [4.78, 5) is 46.5. The number of hydrogen-bond donors (Lipinski definition) is 0. The minimum Gasteiger partial charge on any atom is -0.490 e. The molecule has 0 heterocycles. The fourth-order valence-corrected chi connectivity index (χ4v) is 10.4. The van der Waals surface area contributed by atoms with E-state index < -0.39 is 0 Å². The van der Waals surface area contributed by atoms with Crippen molar-refractivity contribution in [2.24, 2.45) is 0 Å². The third-order valence-electron chi connectivity index (χ3n) is 14.5. The molecule has 0 aliphatic heterocycles. The molecular weight excluding hydrogens is 901 g/mol. The summed E-state index contributed by atoms with van der Waals surface area (Å²) < 4.78 is 39.2. The Kier molecular flexibility index (Phi) is 20.9. The van der Waals surface area contributed by atoms with E-state index in [9.17, 15) is 0 Å². The maximum atomic E-state index is 15.5. The lowest BCUT2D eigenvalue weighted by atomic mass is 9.99. The molecule has 0 atom stereocenters. The minimum atomic E-state index is -0.251. The molecular formula is C63H84O9. The highest BCUT2D eigenvalue weighted by Gasteiger charge is 2.30. The highest BCUT2D eigenvalue weighted by atomic mass is 16.5. The number of unbranched alkanes of at least 4 members (excludes halogenated alkanes) is 18. The van der Waals surface area contributed by atoms with E-state index in [1.54, 1.807) is 0 Å². The Hall–Kier alpha value is -5.31. The molecule has 0 N–H and O–H groups in total. The van der Waals surface area contributed by atoms with Crippen molar-refractivity contribution in [2.75, 3.05) is 39.6 Å². The lowest BCUT2D eigenvalue weighted by molar-refractivity contribution is 0.259. The molecule has 0 radical (unpaired) electrons.